The van der Waals surface area contributed by atoms with Gasteiger partial charge >= 0.3 is 0 Å². The van der Waals surface area contributed by atoms with Gasteiger partial charge in [0.05, 0.1) is 29.6 Å². The first-order valence-corrected chi connectivity index (χ1v) is 13.8. The zero-order valence-corrected chi connectivity index (χ0v) is 19.7. The van der Waals surface area contributed by atoms with Gasteiger partial charge in [0, 0.05) is 38.3 Å². The van der Waals surface area contributed by atoms with Crippen LogP contribution < -0.4 is 5.32 Å². The second-order valence-corrected chi connectivity index (χ2v) is 12.2. The molecule has 1 aromatic carbocycles. The molecule has 1 N–H and O–H groups in total. The summed E-state index contributed by atoms with van der Waals surface area (Å²) in [4.78, 5) is 13.7. The van der Waals surface area contributed by atoms with Gasteiger partial charge < -0.3 is 10.1 Å². The van der Waals surface area contributed by atoms with Gasteiger partial charge in [-0.15, -0.1) is 0 Å². The number of hydrogen-bond acceptors (Lipinski definition) is 7. The first kappa shape index (κ1) is 24.1. The highest BCUT2D eigenvalue weighted by Gasteiger charge is 2.39. The summed E-state index contributed by atoms with van der Waals surface area (Å²) < 4.78 is 58.2. The zero-order chi connectivity index (χ0) is 22.6. The third kappa shape index (κ3) is 6.26. The Morgan fingerprint density at radius 1 is 1.29 bits per heavy atom. The molecule has 2 aliphatic heterocycles. The molecule has 0 radical (unpaired) electrons. The number of ether oxygens (including phenoxy) is 1. The smallest absolute Gasteiger partial charge is 0.243 e. The number of aryl methyl sites for hydroxylation is 1. The summed E-state index contributed by atoms with van der Waals surface area (Å²) in [5.41, 5.74) is 0.942. The van der Waals surface area contributed by atoms with Crippen LogP contribution in [0.1, 0.15) is 25.3 Å². The summed E-state index contributed by atoms with van der Waals surface area (Å²) in [6, 6.07) is 4.17. The molecule has 1 amide bonds. The number of carbonyl (C=O) groups is 1. The van der Waals surface area contributed by atoms with Crippen LogP contribution in [0.4, 0.5) is 5.69 Å². The van der Waals surface area contributed by atoms with Crippen LogP contribution in [0, 0.1) is 6.92 Å². The average Bonchev–Trinajstić information content (AvgIpc) is 3.06. The van der Waals surface area contributed by atoms with E-state index in [2.05, 4.69) is 10.2 Å². The summed E-state index contributed by atoms with van der Waals surface area (Å²) in [5.74, 6) is -0.455. The van der Waals surface area contributed by atoms with Crippen molar-refractivity contribution in [2.75, 3.05) is 56.2 Å². The quantitative estimate of drug-likeness (QED) is 0.596. The van der Waals surface area contributed by atoms with Crippen molar-refractivity contribution in [3.63, 3.8) is 0 Å². The number of hydrogen-bond donors (Lipinski definition) is 1. The molecule has 1 atom stereocenters. The molecular weight excluding hydrogens is 442 g/mol. The second kappa shape index (κ2) is 9.95. The van der Waals surface area contributed by atoms with Crippen molar-refractivity contribution in [1.29, 1.82) is 0 Å². The predicted octanol–water partition coefficient (Wildman–Crippen LogP) is 0.854. The lowest BCUT2D eigenvalue weighted by Gasteiger charge is -2.30. The Bertz CT molecular complexity index is 1000. The van der Waals surface area contributed by atoms with Gasteiger partial charge in [0.2, 0.25) is 15.9 Å². The fourth-order valence-electron chi connectivity index (χ4n) is 4.06. The van der Waals surface area contributed by atoms with E-state index < -0.39 is 25.9 Å². The van der Waals surface area contributed by atoms with Crippen LogP contribution in [0.2, 0.25) is 0 Å². The molecule has 3 rings (SSSR count). The van der Waals surface area contributed by atoms with Crippen LogP contribution in [0.25, 0.3) is 0 Å². The zero-order valence-electron chi connectivity index (χ0n) is 18.0. The number of nitrogens with one attached hydrogen (secondary N) is 1. The van der Waals surface area contributed by atoms with Crippen LogP contribution in [-0.2, 0) is 29.4 Å². The first-order chi connectivity index (χ1) is 14.6. The lowest BCUT2D eigenvalue weighted by molar-refractivity contribution is -0.114. The Labute approximate surface area is 184 Å². The summed E-state index contributed by atoms with van der Waals surface area (Å²) >= 11 is 0. The average molecular weight is 474 g/mol. The fourth-order valence-corrected chi connectivity index (χ4v) is 7.83. The summed E-state index contributed by atoms with van der Waals surface area (Å²) in [6.45, 7) is 6.96. The minimum Gasteiger partial charge on any atom is -0.379 e. The Morgan fingerprint density at radius 3 is 2.61 bits per heavy atom. The number of benzene rings is 1. The molecule has 2 saturated heterocycles. The molecule has 1 aromatic rings. The van der Waals surface area contributed by atoms with Gasteiger partial charge in [-0.25, -0.2) is 16.8 Å². The van der Waals surface area contributed by atoms with E-state index in [4.69, 9.17) is 4.74 Å². The van der Waals surface area contributed by atoms with Gasteiger partial charge in [0.15, 0.2) is 9.84 Å². The molecule has 9 nitrogen and oxygen atoms in total. The second-order valence-electron chi connectivity index (χ2n) is 8.14. The van der Waals surface area contributed by atoms with Crippen molar-refractivity contribution < 1.29 is 26.4 Å². The van der Waals surface area contributed by atoms with E-state index in [0.717, 1.165) is 19.6 Å². The molecule has 2 fully saturated rings. The van der Waals surface area contributed by atoms with Gasteiger partial charge in [-0.3, -0.25) is 9.69 Å². The summed E-state index contributed by atoms with van der Waals surface area (Å²) in [7, 11) is -7.20. The molecule has 1 unspecified atom stereocenters. The largest absolute Gasteiger partial charge is 0.379 e. The Kier molecular flexibility index (Phi) is 7.74. The maximum absolute atomic E-state index is 13.7. The SMILES string of the molecule is CC(=O)Nc1ccc(C)c(S(=O)(=O)N(CCCN2CCOCC2)C2CCS(=O)(=O)C2)c1. The first-order valence-electron chi connectivity index (χ1n) is 10.5. The van der Waals surface area contributed by atoms with Crippen molar-refractivity contribution >= 4 is 31.5 Å². The standard InChI is InChI=1S/C20H31N3O6S2/c1-16-4-5-18(21-17(2)24)14-20(16)31(27,28)23(19-6-13-30(25,26)15-19)8-3-7-22-9-11-29-12-10-22/h4-5,14,19H,3,6-13,15H2,1-2H3,(H,21,24). The summed E-state index contributed by atoms with van der Waals surface area (Å²) in [5, 5.41) is 2.62. The highest BCUT2D eigenvalue weighted by atomic mass is 32.2. The molecule has 2 aliphatic rings. The van der Waals surface area contributed by atoms with E-state index in [1.807, 2.05) is 0 Å². The minimum atomic E-state index is -3.95. The number of morpholine rings is 1. The van der Waals surface area contributed by atoms with Crippen molar-refractivity contribution in [3.8, 4) is 0 Å². The Morgan fingerprint density at radius 2 is 2.00 bits per heavy atom. The predicted molar refractivity (Wildman–Crippen MR) is 118 cm³/mol. The maximum atomic E-state index is 13.7. The van der Waals surface area contributed by atoms with Gasteiger partial charge in [-0.1, -0.05) is 6.07 Å². The van der Waals surface area contributed by atoms with Crippen LogP contribution in [0.3, 0.4) is 0 Å². The van der Waals surface area contributed by atoms with E-state index >= 15 is 0 Å². The highest BCUT2D eigenvalue weighted by Crippen LogP contribution is 2.29. The monoisotopic (exact) mass is 473 g/mol. The van der Waals surface area contributed by atoms with Crippen molar-refractivity contribution in [3.05, 3.63) is 23.8 Å². The van der Waals surface area contributed by atoms with Crippen molar-refractivity contribution in [2.24, 2.45) is 0 Å². The highest BCUT2D eigenvalue weighted by molar-refractivity contribution is 7.92. The van der Waals surface area contributed by atoms with Gasteiger partial charge in [0.1, 0.15) is 0 Å². The lowest BCUT2D eigenvalue weighted by atomic mass is 10.2. The molecule has 0 saturated carbocycles. The van der Waals surface area contributed by atoms with Crippen LogP contribution >= 0.6 is 0 Å². The van der Waals surface area contributed by atoms with Gasteiger partial charge in [-0.2, -0.15) is 4.31 Å². The minimum absolute atomic E-state index is 0.00192. The third-order valence-electron chi connectivity index (χ3n) is 5.67. The Balaban J connectivity index is 1.85. The van der Waals surface area contributed by atoms with Crippen LogP contribution in [0.15, 0.2) is 23.1 Å². The molecule has 2 heterocycles. The molecule has 0 aliphatic carbocycles. The Hall–Kier alpha value is -1.53. The molecule has 174 valence electrons. The van der Waals surface area contributed by atoms with E-state index in [0.29, 0.717) is 37.3 Å². The fraction of sp³-hybridized carbons (Fsp3) is 0.650. The molecule has 0 bridgehead atoms. The van der Waals surface area contributed by atoms with Gasteiger partial charge in [-0.05, 0) is 44.0 Å². The molecule has 11 heteroatoms. The lowest BCUT2D eigenvalue weighted by Crippen LogP contribution is -2.43. The maximum Gasteiger partial charge on any atom is 0.243 e. The number of carbonyl (C=O) groups excluding carboxylic acids is 1. The number of sulfonamides is 1. The van der Waals surface area contributed by atoms with E-state index in [1.165, 1.54) is 17.3 Å². The van der Waals surface area contributed by atoms with Crippen molar-refractivity contribution in [2.45, 2.75) is 37.6 Å². The van der Waals surface area contributed by atoms with E-state index in [9.17, 15) is 21.6 Å². The van der Waals surface area contributed by atoms with E-state index in [1.54, 1.807) is 19.1 Å². The normalized spacial score (nSPS) is 22.0. The number of anilines is 1. The summed E-state index contributed by atoms with van der Waals surface area (Å²) in [6.07, 6.45) is 0.893. The number of nitrogens with zero attached hydrogens (tertiary/aromatic N) is 2. The number of amides is 1. The van der Waals surface area contributed by atoms with E-state index in [-0.39, 0.29) is 28.9 Å². The molecule has 0 aromatic heterocycles. The number of rotatable bonds is 8. The van der Waals surface area contributed by atoms with Crippen LogP contribution in [-0.4, -0.2) is 88.9 Å². The molecule has 31 heavy (non-hydrogen) atoms. The third-order valence-corrected chi connectivity index (χ3v) is 9.51. The van der Waals surface area contributed by atoms with Crippen molar-refractivity contribution in [1.82, 2.24) is 9.21 Å². The number of sulfone groups is 1. The molecular formula is C20H31N3O6S2. The molecule has 0 spiro atoms. The van der Waals surface area contributed by atoms with Crippen LogP contribution in [0.5, 0.6) is 0 Å². The topological polar surface area (TPSA) is 113 Å². The van der Waals surface area contributed by atoms with Gasteiger partial charge in [0.25, 0.3) is 0 Å².